The van der Waals surface area contributed by atoms with E-state index in [0.29, 0.717) is 29.2 Å². The lowest BCUT2D eigenvalue weighted by Crippen LogP contribution is -2.51. The van der Waals surface area contributed by atoms with Gasteiger partial charge in [0.15, 0.2) is 5.82 Å². The van der Waals surface area contributed by atoms with E-state index in [2.05, 4.69) is 36.7 Å². The van der Waals surface area contributed by atoms with E-state index in [1.54, 1.807) is 42.6 Å². The Hall–Kier alpha value is -5.05. The van der Waals surface area contributed by atoms with Gasteiger partial charge in [0, 0.05) is 54.1 Å². The second-order valence-electron chi connectivity index (χ2n) is 12.1. The highest BCUT2D eigenvalue weighted by Gasteiger charge is 2.39. The zero-order valence-electron chi connectivity index (χ0n) is 25.6. The quantitative estimate of drug-likeness (QED) is 0.216. The molecule has 3 aliphatic rings. The minimum absolute atomic E-state index is 0.0156. The number of hydrogen-bond donors (Lipinski definition) is 4. The minimum Gasteiger partial charge on any atom is -0.366 e. The Morgan fingerprint density at radius 1 is 1.10 bits per heavy atom. The second-order valence-corrected chi connectivity index (χ2v) is 12.6. The van der Waals surface area contributed by atoms with Crippen molar-refractivity contribution < 1.29 is 18.8 Å². The number of amides is 3. The highest BCUT2D eigenvalue weighted by atomic mass is 35.5. The zero-order chi connectivity index (χ0) is 33.4. The molecule has 246 valence electrons. The van der Waals surface area contributed by atoms with E-state index in [0.717, 1.165) is 36.9 Å². The normalized spacial score (nSPS) is 21.9. The van der Waals surface area contributed by atoms with Crippen LogP contribution in [0, 0.1) is 11.7 Å². The van der Waals surface area contributed by atoms with Gasteiger partial charge in [-0.15, -0.1) is 5.10 Å². The molecule has 2 aromatic carbocycles. The molecule has 0 spiro atoms. The molecule has 13 nitrogen and oxygen atoms in total. The molecule has 1 saturated heterocycles. The second kappa shape index (κ2) is 13.2. The number of hydrazine groups is 1. The highest BCUT2D eigenvalue weighted by Crippen LogP contribution is 2.36. The summed E-state index contributed by atoms with van der Waals surface area (Å²) in [6, 6.07) is 10.7. The Morgan fingerprint density at radius 3 is 2.71 bits per heavy atom. The number of nitrogens with one attached hydrogen (secondary N) is 3. The fraction of sp³-hybridized carbons (Fsp3) is 0.303. The lowest BCUT2D eigenvalue weighted by atomic mass is 9.82. The molecule has 4 unspecified atom stereocenters. The van der Waals surface area contributed by atoms with Gasteiger partial charge in [-0.05, 0) is 89.6 Å². The number of hydrogen-bond acceptors (Lipinski definition) is 9. The molecule has 5 N–H and O–H groups in total. The van der Waals surface area contributed by atoms with Crippen molar-refractivity contribution in [3.05, 3.63) is 94.2 Å². The Kier molecular flexibility index (Phi) is 8.69. The third-order valence-corrected chi connectivity index (χ3v) is 9.66. The first-order chi connectivity index (χ1) is 23.3. The highest BCUT2D eigenvalue weighted by molar-refractivity contribution is 6.31. The number of aromatic nitrogens is 5. The topological polar surface area (TPSA) is 173 Å². The number of rotatable bonds is 7. The molecule has 4 atom stereocenters. The average molecular weight is 671 g/mol. The molecule has 48 heavy (non-hydrogen) atoms. The number of pyridine rings is 1. The number of carbonyl (C=O) groups is 3. The third-order valence-electron chi connectivity index (χ3n) is 9.36. The van der Waals surface area contributed by atoms with Gasteiger partial charge >= 0.3 is 0 Å². The van der Waals surface area contributed by atoms with Gasteiger partial charge in [-0.25, -0.2) is 4.39 Å². The summed E-state index contributed by atoms with van der Waals surface area (Å²) in [5.74, 6) is -1.56. The first kappa shape index (κ1) is 31.5. The fourth-order valence-electron chi connectivity index (χ4n) is 6.94. The molecule has 2 aliphatic heterocycles. The molecule has 0 radical (unpaired) electrons. The largest absolute Gasteiger partial charge is 0.366 e. The molecule has 1 saturated carbocycles. The first-order valence-electron chi connectivity index (χ1n) is 15.6. The lowest BCUT2D eigenvalue weighted by Gasteiger charge is -2.38. The van der Waals surface area contributed by atoms with Gasteiger partial charge in [-0.3, -0.25) is 30.2 Å². The molecule has 3 amide bonds. The van der Waals surface area contributed by atoms with Crippen LogP contribution in [0.25, 0.3) is 23.0 Å². The Morgan fingerprint density at radius 2 is 1.94 bits per heavy atom. The van der Waals surface area contributed by atoms with E-state index in [4.69, 9.17) is 17.3 Å². The van der Waals surface area contributed by atoms with Gasteiger partial charge in [-0.2, -0.15) is 4.68 Å². The van der Waals surface area contributed by atoms with Crippen LogP contribution in [-0.4, -0.2) is 73.0 Å². The Bertz CT molecular complexity index is 1900. The van der Waals surface area contributed by atoms with E-state index in [1.165, 1.54) is 34.1 Å². The maximum atomic E-state index is 15.3. The number of tetrazole rings is 1. The van der Waals surface area contributed by atoms with Gasteiger partial charge in [0.05, 0.1) is 16.4 Å². The minimum atomic E-state index is -0.979. The number of carbonyl (C=O) groups excluding carboxylic acids is 3. The van der Waals surface area contributed by atoms with Crippen molar-refractivity contribution in [1.29, 1.82) is 0 Å². The van der Waals surface area contributed by atoms with Crippen LogP contribution in [-0.2, 0) is 16.0 Å². The van der Waals surface area contributed by atoms with Gasteiger partial charge in [0.25, 0.3) is 0 Å². The van der Waals surface area contributed by atoms with E-state index < -0.39 is 23.7 Å². The first-order valence-corrected chi connectivity index (χ1v) is 16.0. The van der Waals surface area contributed by atoms with Gasteiger partial charge in [-0.1, -0.05) is 23.7 Å². The van der Waals surface area contributed by atoms with Crippen molar-refractivity contribution in [1.82, 2.24) is 46.3 Å². The zero-order valence-corrected chi connectivity index (χ0v) is 26.4. The summed E-state index contributed by atoms with van der Waals surface area (Å²) in [7, 11) is 0. The number of nitrogens with two attached hydrogens (primary N) is 1. The van der Waals surface area contributed by atoms with Crippen LogP contribution >= 0.6 is 11.6 Å². The lowest BCUT2D eigenvalue weighted by molar-refractivity contribution is -0.138. The van der Waals surface area contributed by atoms with Gasteiger partial charge < -0.3 is 16.0 Å². The summed E-state index contributed by atoms with van der Waals surface area (Å²) in [4.78, 5) is 46.0. The van der Waals surface area contributed by atoms with Gasteiger partial charge in [0.2, 0.25) is 17.7 Å². The van der Waals surface area contributed by atoms with Crippen LogP contribution in [0.4, 0.5) is 4.39 Å². The van der Waals surface area contributed by atoms with Crippen molar-refractivity contribution in [2.75, 3.05) is 13.1 Å². The van der Waals surface area contributed by atoms with Crippen molar-refractivity contribution in [3.63, 3.8) is 0 Å². The molecule has 2 aromatic heterocycles. The number of halogens is 2. The maximum Gasteiger partial charge on any atom is 0.248 e. The Labute approximate surface area is 279 Å². The standard InChI is InChI=1S/C33H32ClFN10O3/c34-25-8-9-27(45-17-39-42-43-45)24(29(25)35)7-10-28(46)44-14-12-22-23(11-13-37-30(22)18-1-3-19(4-2-18)32(36)47)31(44)33(48)40-21-6-5-20-16-38-41-26(20)15-21/h1-4,7-11,13,17,20-21,26,31,38,41H,5-6,12,14-16H2,(H2,36,47)(H,40,48)/b10-7+. The molecule has 7 rings (SSSR count). The molecular weight excluding hydrogens is 639 g/mol. The van der Waals surface area contributed by atoms with Crippen LogP contribution in [0.5, 0.6) is 0 Å². The number of nitrogens with zero attached hydrogens (tertiary/aromatic N) is 6. The average Bonchev–Trinajstić information content (AvgIpc) is 3.81. The molecule has 4 heterocycles. The summed E-state index contributed by atoms with van der Waals surface area (Å²) in [5, 5.41) is 14.2. The predicted molar refractivity (Wildman–Crippen MR) is 174 cm³/mol. The summed E-state index contributed by atoms with van der Waals surface area (Å²) in [6.07, 6.45) is 8.43. The van der Waals surface area contributed by atoms with Gasteiger partial charge in [0.1, 0.15) is 12.4 Å². The fourth-order valence-corrected chi connectivity index (χ4v) is 7.10. The monoisotopic (exact) mass is 670 g/mol. The molecule has 15 heteroatoms. The smallest absolute Gasteiger partial charge is 0.248 e. The number of primary amides is 1. The van der Waals surface area contributed by atoms with E-state index in [1.807, 2.05) is 0 Å². The van der Waals surface area contributed by atoms with Crippen molar-refractivity contribution in [3.8, 4) is 16.9 Å². The molecule has 0 bridgehead atoms. The molecule has 1 aliphatic carbocycles. The number of benzene rings is 2. The van der Waals surface area contributed by atoms with Crippen molar-refractivity contribution in [2.24, 2.45) is 11.7 Å². The molecule has 2 fully saturated rings. The van der Waals surface area contributed by atoms with Crippen LogP contribution < -0.4 is 21.9 Å². The molecule has 4 aromatic rings. The maximum absolute atomic E-state index is 15.3. The van der Waals surface area contributed by atoms with Crippen LogP contribution in [0.3, 0.4) is 0 Å². The molecular formula is C33H32ClFN10O3. The predicted octanol–water partition coefficient (Wildman–Crippen LogP) is 2.52. The summed E-state index contributed by atoms with van der Waals surface area (Å²) < 4.78 is 16.5. The summed E-state index contributed by atoms with van der Waals surface area (Å²) in [5.41, 5.74) is 15.5. The summed E-state index contributed by atoms with van der Waals surface area (Å²) in [6.45, 7) is 1.10. The van der Waals surface area contributed by atoms with Crippen LogP contribution in [0.1, 0.15) is 52.4 Å². The van der Waals surface area contributed by atoms with E-state index in [-0.39, 0.29) is 40.8 Å². The SMILES string of the molecule is NC(=O)c1ccc(-c2nccc3c2CCN(C(=O)/C=C/c2c(-n4cnnn4)ccc(Cl)c2F)C3C(=O)NC2CCC3CNNC3C2)cc1. The number of fused-ring (bicyclic) bond motifs is 2. The third kappa shape index (κ3) is 6.05. The van der Waals surface area contributed by atoms with Crippen molar-refractivity contribution >= 4 is 35.4 Å². The summed E-state index contributed by atoms with van der Waals surface area (Å²) >= 11 is 6.09. The van der Waals surface area contributed by atoms with Crippen LogP contribution in [0.15, 0.2) is 61.1 Å². The van der Waals surface area contributed by atoms with Crippen molar-refractivity contribution in [2.45, 2.75) is 43.8 Å². The van der Waals surface area contributed by atoms with E-state index >= 15 is 4.39 Å². The Balaban J connectivity index is 1.23. The van der Waals surface area contributed by atoms with Crippen LogP contribution in [0.2, 0.25) is 5.02 Å². The van der Waals surface area contributed by atoms with E-state index in [9.17, 15) is 14.4 Å².